The Kier molecular flexibility index (Phi) is 5.58. The van der Waals surface area contributed by atoms with Crippen molar-refractivity contribution in [2.24, 2.45) is 0 Å². The van der Waals surface area contributed by atoms with Gasteiger partial charge in [0.25, 0.3) is 5.24 Å². The van der Waals surface area contributed by atoms with Gasteiger partial charge in [-0.25, -0.2) is 4.98 Å². The van der Waals surface area contributed by atoms with Crippen LogP contribution in [-0.4, -0.2) is 14.8 Å². The van der Waals surface area contributed by atoms with Crippen LogP contribution in [-0.2, 0) is 12.8 Å². The van der Waals surface area contributed by atoms with Crippen molar-refractivity contribution in [1.82, 2.24) is 9.55 Å². The molecule has 0 saturated carbocycles. The van der Waals surface area contributed by atoms with E-state index in [1.807, 2.05) is 6.07 Å². The summed E-state index contributed by atoms with van der Waals surface area (Å²) in [6.07, 6.45) is 4.94. The zero-order valence-electron chi connectivity index (χ0n) is 10.9. The van der Waals surface area contributed by atoms with Gasteiger partial charge in [0.1, 0.15) is 5.69 Å². The Morgan fingerprint density at radius 3 is 2.32 bits per heavy atom. The van der Waals surface area contributed by atoms with Crippen LogP contribution in [0.3, 0.4) is 0 Å². The first-order chi connectivity index (χ1) is 8.69. The van der Waals surface area contributed by atoms with Crippen molar-refractivity contribution >= 4 is 29.3 Å². The fourth-order valence-electron chi connectivity index (χ4n) is 2.14. The third kappa shape index (κ3) is 2.99. The lowest BCUT2D eigenvalue weighted by Gasteiger charge is -2.15. The van der Waals surface area contributed by atoms with Crippen LogP contribution in [0.5, 0.6) is 0 Å². The fourth-order valence-corrected chi connectivity index (χ4v) is 2.28. The minimum Gasteiger partial charge on any atom is -0.295 e. The standard InChI is InChI=1S/C14H15ClN2O.ClH/c1-3-10-6-5-7-11(4-2)13(10)17-9-16-8-12(17)14(15)18;/h5-9H,3-4H2,1-2H3;1H. The number of carbonyl (C=O) groups excluding carboxylic acids is 1. The molecule has 19 heavy (non-hydrogen) atoms. The van der Waals surface area contributed by atoms with E-state index >= 15 is 0 Å². The van der Waals surface area contributed by atoms with Gasteiger partial charge in [-0.15, -0.1) is 12.4 Å². The van der Waals surface area contributed by atoms with Gasteiger partial charge in [0.15, 0.2) is 0 Å². The second kappa shape index (κ2) is 6.73. The zero-order valence-corrected chi connectivity index (χ0v) is 12.5. The highest BCUT2D eigenvalue weighted by molar-refractivity contribution is 6.67. The summed E-state index contributed by atoms with van der Waals surface area (Å²) in [5, 5.41) is -0.486. The maximum Gasteiger partial charge on any atom is 0.270 e. The summed E-state index contributed by atoms with van der Waals surface area (Å²) in [6, 6.07) is 6.17. The number of aromatic nitrogens is 2. The van der Waals surface area contributed by atoms with Gasteiger partial charge in [-0.3, -0.25) is 9.36 Å². The van der Waals surface area contributed by atoms with E-state index in [1.165, 1.54) is 17.3 Å². The first-order valence-corrected chi connectivity index (χ1v) is 6.40. The lowest BCUT2D eigenvalue weighted by atomic mass is 10.0. The van der Waals surface area contributed by atoms with Crippen molar-refractivity contribution in [3.05, 3.63) is 47.5 Å². The molecule has 0 fully saturated rings. The molecule has 102 valence electrons. The van der Waals surface area contributed by atoms with Crippen molar-refractivity contribution < 1.29 is 4.79 Å². The number of hydrogen-bond donors (Lipinski definition) is 0. The Bertz CT molecular complexity index is 556. The molecule has 0 N–H and O–H groups in total. The predicted octanol–water partition coefficient (Wildman–Crippen LogP) is 3.80. The highest BCUT2D eigenvalue weighted by atomic mass is 35.5. The van der Waals surface area contributed by atoms with E-state index in [0.717, 1.165) is 18.5 Å². The van der Waals surface area contributed by atoms with Gasteiger partial charge in [-0.2, -0.15) is 0 Å². The summed E-state index contributed by atoms with van der Waals surface area (Å²) < 4.78 is 1.78. The minimum absolute atomic E-state index is 0. The molecule has 0 unspecified atom stereocenters. The van der Waals surface area contributed by atoms with Crippen LogP contribution >= 0.6 is 24.0 Å². The average Bonchev–Trinajstić information content (AvgIpc) is 2.86. The normalized spacial score (nSPS) is 10.1. The van der Waals surface area contributed by atoms with E-state index in [4.69, 9.17) is 11.6 Å². The van der Waals surface area contributed by atoms with Crippen LogP contribution in [0.25, 0.3) is 5.69 Å². The topological polar surface area (TPSA) is 34.9 Å². The van der Waals surface area contributed by atoms with Gasteiger partial charge < -0.3 is 0 Å². The number of aryl methyl sites for hydroxylation is 2. The van der Waals surface area contributed by atoms with Crippen LogP contribution in [0, 0.1) is 0 Å². The molecule has 3 nitrogen and oxygen atoms in total. The SMILES string of the molecule is CCc1cccc(CC)c1-n1cncc1C(=O)Cl.Cl. The monoisotopic (exact) mass is 298 g/mol. The summed E-state index contributed by atoms with van der Waals surface area (Å²) in [5.74, 6) is 0. The quantitative estimate of drug-likeness (QED) is 0.805. The Morgan fingerprint density at radius 1 is 1.26 bits per heavy atom. The van der Waals surface area contributed by atoms with Crippen molar-refractivity contribution in [3.8, 4) is 5.69 Å². The van der Waals surface area contributed by atoms with Crippen molar-refractivity contribution in [1.29, 1.82) is 0 Å². The highest BCUT2D eigenvalue weighted by Gasteiger charge is 2.15. The molecule has 0 saturated heterocycles. The van der Waals surface area contributed by atoms with E-state index in [0.29, 0.717) is 5.69 Å². The van der Waals surface area contributed by atoms with Crippen LogP contribution in [0.2, 0.25) is 0 Å². The summed E-state index contributed by atoms with van der Waals surface area (Å²) in [5.41, 5.74) is 3.81. The van der Waals surface area contributed by atoms with Gasteiger partial charge in [-0.1, -0.05) is 32.0 Å². The summed E-state index contributed by atoms with van der Waals surface area (Å²) in [7, 11) is 0. The number of benzene rings is 1. The summed E-state index contributed by atoms with van der Waals surface area (Å²) >= 11 is 5.59. The Morgan fingerprint density at radius 2 is 1.84 bits per heavy atom. The summed E-state index contributed by atoms with van der Waals surface area (Å²) in [4.78, 5) is 15.4. The van der Waals surface area contributed by atoms with Crippen molar-refractivity contribution in [2.75, 3.05) is 0 Å². The van der Waals surface area contributed by atoms with Crippen LogP contribution in [0.15, 0.2) is 30.7 Å². The molecule has 0 aliphatic carbocycles. The molecule has 2 aromatic rings. The van der Waals surface area contributed by atoms with Gasteiger partial charge in [0, 0.05) is 0 Å². The molecular formula is C14H16Cl2N2O. The van der Waals surface area contributed by atoms with E-state index in [2.05, 4.69) is 31.0 Å². The molecule has 0 spiro atoms. The van der Waals surface area contributed by atoms with Crippen LogP contribution in [0.1, 0.15) is 35.5 Å². The molecule has 1 aromatic carbocycles. The number of hydrogen-bond acceptors (Lipinski definition) is 2. The lowest BCUT2D eigenvalue weighted by Crippen LogP contribution is -2.07. The molecule has 0 atom stereocenters. The molecule has 0 amide bonds. The third-order valence-electron chi connectivity index (χ3n) is 3.05. The smallest absolute Gasteiger partial charge is 0.270 e. The zero-order chi connectivity index (χ0) is 13.1. The van der Waals surface area contributed by atoms with E-state index in [9.17, 15) is 4.79 Å². The van der Waals surface area contributed by atoms with E-state index < -0.39 is 5.24 Å². The fraction of sp³-hybridized carbons (Fsp3) is 0.286. The maximum absolute atomic E-state index is 11.4. The molecule has 0 radical (unpaired) electrons. The maximum atomic E-state index is 11.4. The van der Waals surface area contributed by atoms with Crippen LogP contribution in [0.4, 0.5) is 0 Å². The van der Waals surface area contributed by atoms with E-state index in [1.54, 1.807) is 10.9 Å². The summed E-state index contributed by atoms with van der Waals surface area (Å²) in [6.45, 7) is 4.19. The minimum atomic E-state index is -0.486. The third-order valence-corrected chi connectivity index (χ3v) is 3.24. The number of rotatable bonds is 4. The second-order valence-corrected chi connectivity index (χ2v) is 4.40. The van der Waals surface area contributed by atoms with Crippen LogP contribution < -0.4 is 0 Å². The Hall–Kier alpha value is -1.32. The molecule has 5 heteroatoms. The molecule has 1 aromatic heterocycles. The number of imidazole rings is 1. The molecular weight excluding hydrogens is 283 g/mol. The molecule has 0 bridgehead atoms. The van der Waals surface area contributed by atoms with Gasteiger partial charge >= 0.3 is 0 Å². The largest absolute Gasteiger partial charge is 0.295 e. The number of nitrogens with zero attached hydrogens (tertiary/aromatic N) is 2. The first kappa shape index (κ1) is 15.7. The van der Waals surface area contributed by atoms with Gasteiger partial charge in [0.05, 0.1) is 18.2 Å². The number of para-hydroxylation sites is 1. The van der Waals surface area contributed by atoms with Crippen molar-refractivity contribution in [2.45, 2.75) is 26.7 Å². The van der Waals surface area contributed by atoms with Gasteiger partial charge in [0.2, 0.25) is 0 Å². The average molecular weight is 299 g/mol. The molecule has 0 aliphatic heterocycles. The lowest BCUT2D eigenvalue weighted by molar-refractivity contribution is 0.107. The Balaban J connectivity index is 0.00000180. The Labute approximate surface area is 124 Å². The molecule has 1 heterocycles. The number of halogens is 2. The first-order valence-electron chi connectivity index (χ1n) is 6.02. The van der Waals surface area contributed by atoms with Gasteiger partial charge in [-0.05, 0) is 35.6 Å². The predicted molar refractivity (Wildman–Crippen MR) is 79.8 cm³/mol. The van der Waals surface area contributed by atoms with E-state index in [-0.39, 0.29) is 12.4 Å². The number of carbonyl (C=O) groups is 1. The molecule has 0 aliphatic rings. The second-order valence-electron chi connectivity index (χ2n) is 4.05. The van der Waals surface area contributed by atoms with Crippen molar-refractivity contribution in [3.63, 3.8) is 0 Å². The molecule has 2 rings (SSSR count). The highest BCUT2D eigenvalue weighted by Crippen LogP contribution is 2.23.